The van der Waals surface area contributed by atoms with Gasteiger partial charge in [0.1, 0.15) is 11.4 Å². The van der Waals surface area contributed by atoms with Gasteiger partial charge in [0.2, 0.25) is 0 Å². The van der Waals surface area contributed by atoms with Crippen LogP contribution in [-0.2, 0) is 12.8 Å². The molecule has 0 spiro atoms. The Hall–Kier alpha value is -5.10. The van der Waals surface area contributed by atoms with Crippen molar-refractivity contribution in [2.24, 2.45) is 0 Å². The molecular weight excluding hydrogens is 589 g/mol. The summed E-state index contributed by atoms with van der Waals surface area (Å²) >= 11 is 0. The van der Waals surface area contributed by atoms with Crippen LogP contribution in [0.3, 0.4) is 0 Å². The van der Waals surface area contributed by atoms with Gasteiger partial charge in [0.25, 0.3) is 0 Å². The minimum absolute atomic E-state index is 0.887. The highest BCUT2D eigenvalue weighted by atomic mass is 15.3. The number of nitrogens with zero attached hydrogens (tertiary/aromatic N) is 6. The van der Waals surface area contributed by atoms with Crippen LogP contribution in [0.25, 0.3) is 56.0 Å². The lowest BCUT2D eigenvalue weighted by Crippen LogP contribution is -2.09. The topological polar surface area (TPSA) is 61.4 Å². The number of unbranched alkanes of at least 4 members (excludes halogenated alkanes) is 6. The molecule has 0 aliphatic rings. The van der Waals surface area contributed by atoms with Gasteiger partial charge in [-0.3, -0.25) is 9.97 Å². The molecule has 0 aliphatic heterocycles. The summed E-state index contributed by atoms with van der Waals surface area (Å²) in [4.78, 5) is 9.38. The van der Waals surface area contributed by atoms with Crippen molar-refractivity contribution in [1.82, 2.24) is 29.5 Å². The number of benzene rings is 3. The molecule has 0 saturated carbocycles. The summed E-state index contributed by atoms with van der Waals surface area (Å²) in [5.74, 6) is 0. The molecule has 0 N–H and O–H groups in total. The minimum Gasteiger partial charge on any atom is -0.255 e. The van der Waals surface area contributed by atoms with E-state index in [0.29, 0.717) is 0 Å². The normalized spacial score (nSPS) is 11.5. The van der Waals surface area contributed by atoms with Crippen LogP contribution in [0.5, 0.6) is 0 Å². The molecule has 6 nitrogen and oxygen atoms in total. The molecule has 7 rings (SSSR count). The number of para-hydroxylation sites is 2. The number of rotatable bonds is 14. The molecule has 0 amide bonds. The van der Waals surface area contributed by atoms with E-state index in [1.807, 2.05) is 36.7 Å². The van der Waals surface area contributed by atoms with Gasteiger partial charge < -0.3 is 0 Å². The Balaban J connectivity index is 1.45. The number of aromatic nitrogens is 6. The molecule has 0 bridgehead atoms. The molecule has 0 atom stereocenters. The number of pyridine rings is 2. The van der Waals surface area contributed by atoms with E-state index in [-0.39, 0.29) is 0 Å². The largest absolute Gasteiger partial charge is 0.255 e. The Kier molecular flexibility index (Phi) is 9.69. The second-order valence-corrected chi connectivity index (χ2v) is 12.7. The van der Waals surface area contributed by atoms with Crippen molar-refractivity contribution in [1.29, 1.82) is 0 Å². The first-order chi connectivity index (χ1) is 23.8. The fourth-order valence-corrected chi connectivity index (χ4v) is 6.83. The molecule has 48 heavy (non-hydrogen) atoms. The lowest BCUT2D eigenvalue weighted by atomic mass is 9.97. The summed E-state index contributed by atoms with van der Waals surface area (Å²) in [7, 11) is 0. The molecule has 0 unspecified atom stereocenters. The molecule has 7 aromatic rings. The lowest BCUT2D eigenvalue weighted by Gasteiger charge is -2.18. The van der Waals surface area contributed by atoms with Crippen LogP contribution in [0, 0.1) is 0 Å². The third kappa shape index (κ3) is 6.40. The maximum Gasteiger partial charge on any atom is 0.119 e. The summed E-state index contributed by atoms with van der Waals surface area (Å²) in [6, 6.07) is 34.0. The van der Waals surface area contributed by atoms with Crippen molar-refractivity contribution >= 4 is 21.8 Å². The van der Waals surface area contributed by atoms with Crippen molar-refractivity contribution in [3.63, 3.8) is 0 Å². The zero-order chi connectivity index (χ0) is 32.7. The molecular formula is C42H44N6. The highest BCUT2D eigenvalue weighted by molar-refractivity contribution is 5.94. The van der Waals surface area contributed by atoms with Gasteiger partial charge in [-0.2, -0.15) is 10.2 Å². The minimum atomic E-state index is 0.887. The third-order valence-electron chi connectivity index (χ3n) is 9.33. The van der Waals surface area contributed by atoms with Gasteiger partial charge in [-0.25, -0.2) is 9.36 Å². The predicted molar refractivity (Wildman–Crippen MR) is 198 cm³/mol. The van der Waals surface area contributed by atoms with Crippen molar-refractivity contribution in [2.75, 3.05) is 0 Å². The summed E-state index contributed by atoms with van der Waals surface area (Å²) < 4.78 is 4.35. The first kappa shape index (κ1) is 31.5. The van der Waals surface area contributed by atoms with Crippen LogP contribution in [0.15, 0.2) is 109 Å². The van der Waals surface area contributed by atoms with Crippen LogP contribution >= 0.6 is 0 Å². The zero-order valence-corrected chi connectivity index (χ0v) is 28.1. The van der Waals surface area contributed by atoms with E-state index >= 15 is 0 Å². The van der Waals surface area contributed by atoms with E-state index in [1.165, 1.54) is 49.7 Å². The molecule has 0 aliphatic carbocycles. The maximum atomic E-state index is 5.31. The highest BCUT2D eigenvalue weighted by Crippen LogP contribution is 2.35. The third-order valence-corrected chi connectivity index (χ3v) is 9.33. The number of hydrogen-bond donors (Lipinski definition) is 0. The van der Waals surface area contributed by atoms with Crippen LogP contribution in [-0.4, -0.2) is 29.5 Å². The van der Waals surface area contributed by atoms with Crippen molar-refractivity contribution in [3.8, 4) is 34.2 Å². The molecule has 4 heterocycles. The smallest absolute Gasteiger partial charge is 0.119 e. The monoisotopic (exact) mass is 632 g/mol. The molecule has 0 radical (unpaired) electrons. The second kappa shape index (κ2) is 14.8. The van der Waals surface area contributed by atoms with Gasteiger partial charge in [0, 0.05) is 23.2 Å². The Morgan fingerprint density at radius 1 is 0.479 bits per heavy atom. The molecule has 6 heteroatoms. The molecule has 3 aromatic carbocycles. The van der Waals surface area contributed by atoms with Crippen LogP contribution < -0.4 is 0 Å². The van der Waals surface area contributed by atoms with Crippen molar-refractivity contribution in [2.45, 2.75) is 78.1 Å². The summed E-state index contributed by atoms with van der Waals surface area (Å²) in [5.41, 5.74) is 10.7. The van der Waals surface area contributed by atoms with E-state index in [4.69, 9.17) is 20.2 Å². The average molecular weight is 633 g/mol. The van der Waals surface area contributed by atoms with Gasteiger partial charge in [-0.1, -0.05) is 101 Å². The van der Waals surface area contributed by atoms with Gasteiger partial charge in [-0.15, -0.1) is 0 Å². The fraction of sp³-hybridized carbons (Fsp3) is 0.286. The molecule has 0 fully saturated rings. The summed E-state index contributed by atoms with van der Waals surface area (Å²) in [5, 5.41) is 12.8. The van der Waals surface area contributed by atoms with Crippen LogP contribution in [0.1, 0.15) is 76.3 Å². The summed E-state index contributed by atoms with van der Waals surface area (Å²) in [6.45, 7) is 4.54. The van der Waals surface area contributed by atoms with E-state index < -0.39 is 0 Å². The second-order valence-electron chi connectivity index (χ2n) is 12.7. The van der Waals surface area contributed by atoms with Crippen molar-refractivity contribution < 1.29 is 0 Å². The van der Waals surface area contributed by atoms with Crippen LogP contribution in [0.4, 0.5) is 0 Å². The van der Waals surface area contributed by atoms with Gasteiger partial charge in [-0.05, 0) is 85.3 Å². The molecule has 242 valence electrons. The quantitative estimate of drug-likeness (QED) is 0.112. The average Bonchev–Trinajstić information content (AvgIpc) is 3.72. The first-order valence-electron chi connectivity index (χ1n) is 17.7. The Morgan fingerprint density at radius 2 is 0.917 bits per heavy atom. The van der Waals surface area contributed by atoms with E-state index in [0.717, 1.165) is 81.6 Å². The van der Waals surface area contributed by atoms with Gasteiger partial charge in [0.05, 0.1) is 33.8 Å². The zero-order valence-electron chi connectivity index (χ0n) is 28.1. The predicted octanol–water partition coefficient (Wildman–Crippen LogP) is 10.7. The molecule has 0 saturated heterocycles. The van der Waals surface area contributed by atoms with Gasteiger partial charge >= 0.3 is 0 Å². The Bertz CT molecular complexity index is 1960. The maximum absolute atomic E-state index is 5.31. The number of fused-ring (bicyclic) bond motifs is 2. The fourth-order valence-electron chi connectivity index (χ4n) is 6.83. The summed E-state index contributed by atoms with van der Waals surface area (Å²) in [6.07, 6.45) is 15.2. The van der Waals surface area contributed by atoms with Gasteiger partial charge in [0.15, 0.2) is 0 Å². The van der Waals surface area contributed by atoms with E-state index in [9.17, 15) is 0 Å². The van der Waals surface area contributed by atoms with E-state index in [1.54, 1.807) is 0 Å². The number of aryl methyl sites for hydroxylation is 2. The number of hydrogen-bond acceptors (Lipinski definition) is 4. The highest BCUT2D eigenvalue weighted by Gasteiger charge is 2.21. The standard InChI is InChI=1S/C42H44N6/c1-3-5-7-9-19-31-29-40(48-38-26-14-12-22-34(38)42(46-48)36-24-16-18-28-44-36)32(20-10-8-6-4-2)30-39(31)47-37-25-13-11-21-33(37)41(45-47)35-23-15-17-27-43-35/h11-18,21-30H,3-10,19-20H2,1-2H3. The lowest BCUT2D eigenvalue weighted by molar-refractivity contribution is 0.659. The molecule has 4 aromatic heterocycles. The van der Waals surface area contributed by atoms with Crippen molar-refractivity contribution in [3.05, 3.63) is 121 Å². The van der Waals surface area contributed by atoms with E-state index in [2.05, 4.69) is 96.0 Å². The Labute approximate surface area is 283 Å². The SMILES string of the molecule is CCCCCCc1cc(-n2nc(-c3ccccn3)c3ccccc32)c(CCCCCC)cc1-n1nc(-c2ccccn2)c2ccccc21. The Morgan fingerprint density at radius 3 is 1.33 bits per heavy atom. The first-order valence-corrected chi connectivity index (χ1v) is 17.7. The van der Waals surface area contributed by atoms with Crippen LogP contribution in [0.2, 0.25) is 0 Å².